The van der Waals surface area contributed by atoms with Gasteiger partial charge in [0, 0.05) is 6.42 Å². The van der Waals surface area contributed by atoms with E-state index in [9.17, 15) is 26.7 Å². The molecule has 9 heteroatoms. The van der Waals surface area contributed by atoms with Gasteiger partial charge in [0.25, 0.3) is 0 Å². The highest BCUT2D eigenvalue weighted by molar-refractivity contribution is 5.88. The zero-order valence-corrected chi connectivity index (χ0v) is 17.0. The second-order valence-corrected chi connectivity index (χ2v) is 7.37. The molecule has 4 rings (SSSR count). The summed E-state index contributed by atoms with van der Waals surface area (Å²) in [5, 5.41) is 0.757. The maximum Gasteiger partial charge on any atom is 0.493 e. The fourth-order valence-electron chi connectivity index (χ4n) is 3.68. The maximum atomic E-state index is 14.3. The summed E-state index contributed by atoms with van der Waals surface area (Å²) in [6, 6.07) is 18.2. The molecule has 170 valence electrons. The number of carbonyl (C=O) groups excluding carboxylic acids is 1. The molecule has 0 fully saturated rings. The van der Waals surface area contributed by atoms with Crippen molar-refractivity contribution in [2.75, 3.05) is 0 Å². The molecule has 1 aliphatic rings. The molecule has 0 bridgehead atoms. The number of alkyl halides is 3. The van der Waals surface area contributed by atoms with Gasteiger partial charge in [0.05, 0.1) is 0 Å². The summed E-state index contributed by atoms with van der Waals surface area (Å²) in [7, 11) is 0. The van der Waals surface area contributed by atoms with Crippen LogP contribution in [0.5, 0.6) is 0 Å². The van der Waals surface area contributed by atoms with E-state index in [1.165, 1.54) is 0 Å². The fourth-order valence-corrected chi connectivity index (χ4v) is 3.68. The second kappa shape index (κ2) is 9.01. The Labute approximate surface area is 185 Å². The number of halogens is 5. The van der Waals surface area contributed by atoms with Crippen molar-refractivity contribution in [3.8, 4) is 0 Å². The number of hydroxylamine groups is 2. The van der Waals surface area contributed by atoms with Crippen LogP contribution in [0.3, 0.4) is 0 Å². The highest BCUT2D eigenvalue weighted by Crippen LogP contribution is 2.43. The highest BCUT2D eigenvalue weighted by atomic mass is 19.4. The molecule has 0 aromatic heterocycles. The lowest BCUT2D eigenvalue weighted by atomic mass is 9.94. The first-order valence-corrected chi connectivity index (χ1v) is 9.93. The molecule has 0 aliphatic carbocycles. The number of hydrogen-bond acceptors (Lipinski definition) is 4. The first kappa shape index (κ1) is 22.4. The monoisotopic (exact) mass is 460 g/mol. The largest absolute Gasteiger partial charge is 0.493 e. The summed E-state index contributed by atoms with van der Waals surface area (Å²) in [5.41, 5.74) is 1.04. The molecule has 0 N–H and O–H groups in total. The third-order valence-electron chi connectivity index (χ3n) is 5.15. The van der Waals surface area contributed by atoms with Crippen molar-refractivity contribution in [2.24, 2.45) is 4.99 Å². The molecule has 0 spiro atoms. The average Bonchev–Trinajstić information content (AvgIpc) is 3.14. The predicted octanol–water partition coefficient (Wildman–Crippen LogP) is 5.72. The first-order chi connectivity index (χ1) is 15.7. The van der Waals surface area contributed by atoms with E-state index in [0.29, 0.717) is 11.1 Å². The van der Waals surface area contributed by atoms with Crippen LogP contribution in [0.4, 0.5) is 22.0 Å². The Kier molecular flexibility index (Phi) is 6.13. The lowest BCUT2D eigenvalue weighted by Gasteiger charge is -2.29. The normalized spacial score (nSPS) is 18.2. The standard InChI is InChI=1S/C24H17F5N2O2/c25-18-11-12-19(26)17(13-18)14-20-30-21(15-7-3-1-4-8-15)22(16-9-5-2-6-10-16)31(20)33-23(32)24(27,28)29/h1-13,21-22H,14H2. The van der Waals surface area contributed by atoms with E-state index in [4.69, 9.17) is 4.84 Å². The number of amidine groups is 1. The summed E-state index contributed by atoms with van der Waals surface area (Å²) in [5.74, 6) is -4.06. The molecule has 0 radical (unpaired) electrons. The van der Waals surface area contributed by atoms with E-state index in [2.05, 4.69) is 4.99 Å². The number of aliphatic imine (C=N–C) groups is 1. The summed E-state index contributed by atoms with van der Waals surface area (Å²) in [6.07, 6.45) is -5.65. The van der Waals surface area contributed by atoms with Crippen molar-refractivity contribution in [3.63, 3.8) is 0 Å². The van der Waals surface area contributed by atoms with Crippen molar-refractivity contribution >= 4 is 11.8 Å². The Bertz CT molecular complexity index is 1170. The van der Waals surface area contributed by atoms with E-state index in [1.54, 1.807) is 60.7 Å². The Hall–Kier alpha value is -3.75. The molecule has 0 saturated carbocycles. The van der Waals surface area contributed by atoms with Crippen LogP contribution in [-0.4, -0.2) is 23.0 Å². The summed E-state index contributed by atoms with van der Waals surface area (Å²) < 4.78 is 67.2. The smallest absolute Gasteiger partial charge is 0.330 e. The summed E-state index contributed by atoms with van der Waals surface area (Å²) >= 11 is 0. The van der Waals surface area contributed by atoms with Crippen LogP contribution in [0.2, 0.25) is 0 Å². The molecular formula is C24H17F5N2O2. The minimum atomic E-state index is -5.26. The van der Waals surface area contributed by atoms with Crippen LogP contribution in [0.1, 0.15) is 28.8 Å². The summed E-state index contributed by atoms with van der Waals surface area (Å²) in [6.45, 7) is 0. The molecular weight excluding hydrogens is 443 g/mol. The van der Waals surface area contributed by atoms with Gasteiger partial charge in [0.2, 0.25) is 0 Å². The number of rotatable bonds is 5. The van der Waals surface area contributed by atoms with Gasteiger partial charge in [-0.3, -0.25) is 4.99 Å². The van der Waals surface area contributed by atoms with E-state index < -0.39 is 35.9 Å². The number of hydrogen-bond donors (Lipinski definition) is 0. The molecule has 0 amide bonds. The van der Waals surface area contributed by atoms with Gasteiger partial charge in [0.1, 0.15) is 29.6 Å². The molecule has 33 heavy (non-hydrogen) atoms. The van der Waals surface area contributed by atoms with Gasteiger partial charge in [-0.25, -0.2) is 13.6 Å². The predicted molar refractivity (Wildman–Crippen MR) is 110 cm³/mol. The van der Waals surface area contributed by atoms with Gasteiger partial charge in [-0.15, -0.1) is 0 Å². The third kappa shape index (κ3) is 4.87. The lowest BCUT2D eigenvalue weighted by molar-refractivity contribution is -0.230. The van der Waals surface area contributed by atoms with E-state index in [0.717, 1.165) is 23.3 Å². The maximum absolute atomic E-state index is 14.3. The molecule has 0 saturated heterocycles. The molecule has 1 aliphatic heterocycles. The molecule has 1 heterocycles. The van der Waals surface area contributed by atoms with E-state index in [1.807, 2.05) is 0 Å². The van der Waals surface area contributed by atoms with Crippen molar-refractivity contribution in [1.82, 2.24) is 5.06 Å². The number of benzene rings is 3. The number of nitrogens with zero attached hydrogens (tertiary/aromatic N) is 2. The Morgan fingerprint density at radius 2 is 1.52 bits per heavy atom. The zero-order valence-electron chi connectivity index (χ0n) is 17.0. The van der Waals surface area contributed by atoms with Gasteiger partial charge in [-0.2, -0.15) is 18.2 Å². The van der Waals surface area contributed by atoms with Crippen LogP contribution < -0.4 is 0 Å². The zero-order chi connectivity index (χ0) is 23.6. The minimum absolute atomic E-state index is 0.137. The van der Waals surface area contributed by atoms with Crippen LogP contribution in [0, 0.1) is 11.6 Å². The molecule has 3 aromatic carbocycles. The van der Waals surface area contributed by atoms with Crippen LogP contribution >= 0.6 is 0 Å². The van der Waals surface area contributed by atoms with Gasteiger partial charge in [-0.1, -0.05) is 60.7 Å². The fraction of sp³-hybridized carbons (Fsp3) is 0.167. The van der Waals surface area contributed by atoms with Crippen molar-refractivity contribution < 1.29 is 31.6 Å². The van der Waals surface area contributed by atoms with Crippen LogP contribution in [0.25, 0.3) is 0 Å². The minimum Gasteiger partial charge on any atom is -0.330 e. The molecule has 3 aromatic rings. The van der Waals surface area contributed by atoms with Gasteiger partial charge in [-0.05, 0) is 34.9 Å². The van der Waals surface area contributed by atoms with Gasteiger partial charge < -0.3 is 4.84 Å². The molecule has 2 unspecified atom stereocenters. The highest BCUT2D eigenvalue weighted by Gasteiger charge is 2.47. The van der Waals surface area contributed by atoms with Crippen LogP contribution in [0.15, 0.2) is 83.9 Å². The van der Waals surface area contributed by atoms with Crippen molar-refractivity contribution in [2.45, 2.75) is 24.7 Å². The van der Waals surface area contributed by atoms with Gasteiger partial charge in [0.15, 0.2) is 0 Å². The van der Waals surface area contributed by atoms with Crippen molar-refractivity contribution in [1.29, 1.82) is 0 Å². The van der Waals surface area contributed by atoms with Crippen molar-refractivity contribution in [3.05, 3.63) is 107 Å². The third-order valence-corrected chi connectivity index (χ3v) is 5.15. The van der Waals surface area contributed by atoms with E-state index >= 15 is 0 Å². The van der Waals surface area contributed by atoms with E-state index in [-0.39, 0.29) is 17.8 Å². The Morgan fingerprint density at radius 3 is 2.12 bits per heavy atom. The lowest BCUT2D eigenvalue weighted by Crippen LogP contribution is -2.39. The SMILES string of the molecule is O=C(ON1C(Cc2cc(F)ccc2F)=NC(c2ccccc2)C1c1ccccc1)C(F)(F)F. The molecule has 2 atom stereocenters. The molecule has 4 nitrogen and oxygen atoms in total. The number of carbonyl (C=O) groups is 1. The van der Waals surface area contributed by atoms with Gasteiger partial charge >= 0.3 is 12.1 Å². The summed E-state index contributed by atoms with van der Waals surface area (Å²) in [4.78, 5) is 21.1. The topological polar surface area (TPSA) is 41.9 Å². The Balaban J connectivity index is 1.81. The quantitative estimate of drug-likeness (QED) is 0.457. The second-order valence-electron chi connectivity index (χ2n) is 7.37. The van der Waals surface area contributed by atoms with Crippen LogP contribution in [-0.2, 0) is 16.1 Å². The average molecular weight is 460 g/mol. The first-order valence-electron chi connectivity index (χ1n) is 9.93. The Morgan fingerprint density at radius 1 is 0.909 bits per heavy atom.